The Morgan fingerprint density at radius 2 is 1.74 bits per heavy atom. The topological polar surface area (TPSA) is 107 Å². The second-order valence-electron chi connectivity index (χ2n) is 10.0. The van der Waals surface area contributed by atoms with Gasteiger partial charge in [-0.25, -0.2) is 4.79 Å². The van der Waals surface area contributed by atoms with Gasteiger partial charge in [-0.3, -0.25) is 4.79 Å². The zero-order chi connectivity index (χ0) is 28.0. The molecule has 0 aliphatic heterocycles. The zero-order valence-electron chi connectivity index (χ0n) is 22.6. The van der Waals surface area contributed by atoms with Crippen LogP contribution in [0.25, 0.3) is 22.1 Å². The summed E-state index contributed by atoms with van der Waals surface area (Å²) in [5.74, 6) is 0.314. The Hall–Kier alpha value is -4.46. The molecular weight excluding hydrogens is 498 g/mol. The average molecular weight is 532 g/mol. The third-order valence-corrected chi connectivity index (χ3v) is 5.85. The number of nitrogens with one attached hydrogen (secondary N) is 1. The Bertz CT molecular complexity index is 1470. The zero-order valence-corrected chi connectivity index (χ0v) is 22.6. The molecule has 0 aliphatic carbocycles. The van der Waals surface area contributed by atoms with Gasteiger partial charge in [0, 0.05) is 34.2 Å². The summed E-state index contributed by atoms with van der Waals surface area (Å²) in [6, 6.07) is 18.4. The van der Waals surface area contributed by atoms with E-state index in [4.69, 9.17) is 18.6 Å². The maximum Gasteiger partial charge on any atom is 0.407 e. The van der Waals surface area contributed by atoms with Crippen LogP contribution in [0.1, 0.15) is 44.4 Å². The number of rotatable bonds is 9. The van der Waals surface area contributed by atoms with Crippen molar-refractivity contribution in [3.63, 3.8) is 0 Å². The van der Waals surface area contributed by atoms with Gasteiger partial charge in [0.15, 0.2) is 0 Å². The third-order valence-electron chi connectivity index (χ3n) is 5.85. The summed E-state index contributed by atoms with van der Waals surface area (Å²) in [6.45, 7) is 7.78. The molecule has 3 aromatic carbocycles. The quantitative estimate of drug-likeness (QED) is 0.237. The smallest absolute Gasteiger partial charge is 0.407 e. The molecule has 0 spiro atoms. The summed E-state index contributed by atoms with van der Waals surface area (Å²) < 4.78 is 22.3. The number of aromatic hydroxyl groups is 1. The van der Waals surface area contributed by atoms with Crippen molar-refractivity contribution in [3.05, 3.63) is 83.6 Å². The molecule has 0 aliphatic rings. The number of fused-ring (bicyclic) bond motifs is 1. The highest BCUT2D eigenvalue weighted by Gasteiger charge is 2.19. The molecule has 8 heteroatoms. The van der Waals surface area contributed by atoms with Crippen LogP contribution in [0.15, 0.2) is 71.3 Å². The van der Waals surface area contributed by atoms with E-state index < -0.39 is 11.7 Å². The van der Waals surface area contributed by atoms with Crippen molar-refractivity contribution < 1.29 is 33.3 Å². The minimum atomic E-state index is -0.624. The van der Waals surface area contributed by atoms with E-state index in [1.54, 1.807) is 46.1 Å². The van der Waals surface area contributed by atoms with Crippen LogP contribution in [-0.2, 0) is 33.8 Å². The van der Waals surface area contributed by atoms with Crippen molar-refractivity contribution in [1.82, 2.24) is 5.32 Å². The fourth-order valence-electron chi connectivity index (χ4n) is 4.18. The number of phenols is 1. The summed E-state index contributed by atoms with van der Waals surface area (Å²) in [5.41, 5.74) is 3.36. The molecule has 4 aromatic rings. The number of alkyl carbamates (subject to hydrolysis) is 1. The summed E-state index contributed by atoms with van der Waals surface area (Å²) in [5, 5.41) is 14.7. The number of hydrogen-bond donors (Lipinski definition) is 2. The summed E-state index contributed by atoms with van der Waals surface area (Å²) in [7, 11) is 0. The molecule has 1 heterocycles. The lowest BCUT2D eigenvalue weighted by atomic mass is 9.97. The third kappa shape index (κ3) is 7.10. The SMILES string of the molecule is CCOC(=O)Cc1ccccc1OCc1cc(-c2cccc(CNC(=O)OC(C)(C)C)c2O)c2occc2c1. The second kappa shape index (κ2) is 11.9. The first kappa shape index (κ1) is 27.6. The maximum absolute atomic E-state index is 12.1. The minimum absolute atomic E-state index is 0.0316. The van der Waals surface area contributed by atoms with Crippen LogP contribution in [-0.4, -0.2) is 29.4 Å². The molecule has 39 heavy (non-hydrogen) atoms. The van der Waals surface area contributed by atoms with E-state index in [2.05, 4.69) is 5.32 Å². The van der Waals surface area contributed by atoms with Gasteiger partial charge < -0.3 is 29.1 Å². The standard InChI is InChI=1S/C31H33NO7/c1-5-36-27(33)17-21-9-6-7-12-26(21)38-19-20-15-22-13-14-37-29(22)25(16-20)24-11-8-10-23(28(24)34)18-32-30(35)39-31(2,3)4/h6-16,34H,5,17-19H2,1-4H3,(H,32,35). The van der Waals surface area contributed by atoms with Crippen molar-refractivity contribution in [1.29, 1.82) is 0 Å². The molecule has 204 valence electrons. The van der Waals surface area contributed by atoms with E-state index >= 15 is 0 Å². The number of carbonyl (C=O) groups is 2. The highest BCUT2D eigenvalue weighted by molar-refractivity contribution is 5.95. The van der Waals surface area contributed by atoms with E-state index in [-0.39, 0.29) is 31.3 Å². The number of amides is 1. The highest BCUT2D eigenvalue weighted by Crippen LogP contribution is 2.38. The summed E-state index contributed by atoms with van der Waals surface area (Å²) >= 11 is 0. The predicted octanol–water partition coefficient (Wildman–Crippen LogP) is 6.51. The molecule has 0 radical (unpaired) electrons. The summed E-state index contributed by atoms with van der Waals surface area (Å²) in [6.07, 6.45) is 1.15. The number of hydrogen-bond acceptors (Lipinski definition) is 7. The number of esters is 1. The van der Waals surface area contributed by atoms with Gasteiger partial charge in [-0.15, -0.1) is 0 Å². The second-order valence-corrected chi connectivity index (χ2v) is 10.0. The summed E-state index contributed by atoms with van der Waals surface area (Å²) in [4.78, 5) is 24.1. The number of ether oxygens (including phenoxy) is 3. The van der Waals surface area contributed by atoms with Crippen molar-refractivity contribution in [2.24, 2.45) is 0 Å². The number of benzene rings is 3. The Morgan fingerprint density at radius 1 is 0.974 bits per heavy atom. The minimum Gasteiger partial charge on any atom is -0.507 e. The largest absolute Gasteiger partial charge is 0.507 e. The lowest BCUT2D eigenvalue weighted by Gasteiger charge is -2.20. The van der Waals surface area contributed by atoms with Crippen LogP contribution in [0, 0.1) is 0 Å². The number of carbonyl (C=O) groups excluding carboxylic acids is 2. The molecule has 0 bridgehead atoms. The lowest BCUT2D eigenvalue weighted by molar-refractivity contribution is -0.142. The van der Waals surface area contributed by atoms with E-state index in [1.807, 2.05) is 48.5 Å². The number of para-hydroxylation sites is 2. The lowest BCUT2D eigenvalue weighted by Crippen LogP contribution is -2.32. The molecule has 0 atom stereocenters. The van der Waals surface area contributed by atoms with E-state index in [0.29, 0.717) is 34.6 Å². The molecule has 0 saturated carbocycles. The van der Waals surface area contributed by atoms with E-state index in [9.17, 15) is 14.7 Å². The van der Waals surface area contributed by atoms with Crippen LogP contribution in [0.3, 0.4) is 0 Å². The highest BCUT2D eigenvalue weighted by atomic mass is 16.6. The maximum atomic E-state index is 12.1. The predicted molar refractivity (Wildman–Crippen MR) is 147 cm³/mol. The Morgan fingerprint density at radius 3 is 2.51 bits per heavy atom. The van der Waals surface area contributed by atoms with Gasteiger partial charge in [0.25, 0.3) is 0 Å². The van der Waals surface area contributed by atoms with Crippen LogP contribution >= 0.6 is 0 Å². The molecule has 8 nitrogen and oxygen atoms in total. The van der Waals surface area contributed by atoms with Crippen molar-refractivity contribution in [3.8, 4) is 22.6 Å². The first-order chi connectivity index (χ1) is 18.6. The van der Waals surface area contributed by atoms with Crippen molar-refractivity contribution >= 4 is 23.0 Å². The first-order valence-corrected chi connectivity index (χ1v) is 12.8. The van der Waals surface area contributed by atoms with E-state index in [1.165, 1.54) is 0 Å². The van der Waals surface area contributed by atoms with Gasteiger partial charge in [-0.1, -0.05) is 36.4 Å². The van der Waals surface area contributed by atoms with Gasteiger partial charge in [0.05, 0.1) is 19.3 Å². The molecule has 0 unspecified atom stereocenters. The number of phenolic OH excluding ortho intramolecular Hbond substituents is 1. The van der Waals surface area contributed by atoms with E-state index in [0.717, 1.165) is 16.5 Å². The van der Waals surface area contributed by atoms with Crippen LogP contribution in [0.5, 0.6) is 11.5 Å². The van der Waals surface area contributed by atoms with Crippen LogP contribution < -0.4 is 10.1 Å². The molecule has 1 aromatic heterocycles. The monoisotopic (exact) mass is 531 g/mol. The molecular formula is C31H33NO7. The fraction of sp³-hybridized carbons (Fsp3) is 0.290. The van der Waals surface area contributed by atoms with Crippen molar-refractivity contribution in [2.45, 2.75) is 52.9 Å². The van der Waals surface area contributed by atoms with Gasteiger partial charge in [0.2, 0.25) is 0 Å². The average Bonchev–Trinajstić information content (AvgIpc) is 3.35. The van der Waals surface area contributed by atoms with Gasteiger partial charge >= 0.3 is 12.1 Å². The van der Waals surface area contributed by atoms with Crippen LogP contribution in [0.4, 0.5) is 4.79 Å². The normalized spacial score (nSPS) is 11.3. The first-order valence-electron chi connectivity index (χ1n) is 12.8. The molecule has 0 fully saturated rings. The Balaban J connectivity index is 1.58. The molecule has 1 amide bonds. The Labute approximate surface area is 227 Å². The van der Waals surface area contributed by atoms with Crippen LogP contribution in [0.2, 0.25) is 0 Å². The van der Waals surface area contributed by atoms with Gasteiger partial charge in [-0.2, -0.15) is 0 Å². The molecule has 2 N–H and O–H groups in total. The molecule has 4 rings (SSSR count). The van der Waals surface area contributed by atoms with Crippen molar-refractivity contribution in [2.75, 3.05) is 6.61 Å². The van der Waals surface area contributed by atoms with Gasteiger partial charge in [0.1, 0.15) is 29.3 Å². The van der Waals surface area contributed by atoms with Gasteiger partial charge in [-0.05, 0) is 57.5 Å². The Kier molecular flexibility index (Phi) is 8.44. The molecule has 0 saturated heterocycles. The number of furan rings is 1. The fourth-order valence-corrected chi connectivity index (χ4v) is 4.18.